The smallest absolute Gasteiger partial charge is 0.416 e. The van der Waals surface area contributed by atoms with Gasteiger partial charge in [-0.25, -0.2) is 0 Å². The number of ether oxygens (including phenoxy) is 1. The summed E-state index contributed by atoms with van der Waals surface area (Å²) in [6.07, 6.45) is -3.30. The predicted octanol–water partition coefficient (Wildman–Crippen LogP) is 4.58. The second-order valence-electron chi connectivity index (χ2n) is 10.6. The lowest BCUT2D eigenvalue weighted by atomic mass is 9.59. The van der Waals surface area contributed by atoms with Crippen LogP contribution in [0.3, 0.4) is 0 Å². The van der Waals surface area contributed by atoms with E-state index in [4.69, 9.17) is 10.5 Å². The quantitative estimate of drug-likeness (QED) is 0.293. The van der Waals surface area contributed by atoms with Crippen LogP contribution in [-0.4, -0.2) is 45.0 Å². The Morgan fingerprint density at radius 3 is 2.39 bits per heavy atom. The zero-order valence-electron chi connectivity index (χ0n) is 22.0. The highest BCUT2D eigenvalue weighted by molar-refractivity contribution is 6.22. The van der Waals surface area contributed by atoms with Crippen LogP contribution in [0.4, 0.5) is 13.2 Å². The summed E-state index contributed by atoms with van der Waals surface area (Å²) in [4.78, 5) is 38.2. The highest BCUT2D eigenvalue weighted by Crippen LogP contribution is 2.53. The van der Waals surface area contributed by atoms with Gasteiger partial charge in [0.25, 0.3) is 5.91 Å². The van der Waals surface area contributed by atoms with Crippen molar-refractivity contribution in [2.24, 2.45) is 17.6 Å². The molecule has 3 aliphatic rings. The van der Waals surface area contributed by atoms with Crippen LogP contribution in [0.5, 0.6) is 5.75 Å². The van der Waals surface area contributed by atoms with Crippen molar-refractivity contribution in [3.8, 4) is 16.9 Å². The van der Waals surface area contributed by atoms with E-state index in [1.165, 1.54) is 12.1 Å². The highest BCUT2D eigenvalue weighted by Gasteiger charge is 2.60. The van der Waals surface area contributed by atoms with Crippen molar-refractivity contribution >= 4 is 23.2 Å². The van der Waals surface area contributed by atoms with Gasteiger partial charge in [-0.05, 0) is 60.1 Å². The fourth-order valence-corrected chi connectivity index (χ4v) is 6.16. The Kier molecular flexibility index (Phi) is 6.97. The zero-order chi connectivity index (χ0) is 29.9. The first-order chi connectivity index (χ1) is 19.3. The Morgan fingerprint density at radius 1 is 1.10 bits per heavy atom. The lowest BCUT2D eigenvalue weighted by molar-refractivity contribution is -0.147. The van der Waals surface area contributed by atoms with Crippen molar-refractivity contribution in [3.05, 3.63) is 70.0 Å². The number of Topliss-reactive ketones (excluding diaryl/α,β-unsaturated/α-hetero) is 2. The number of aliphatic hydroxyl groups is 3. The summed E-state index contributed by atoms with van der Waals surface area (Å²) >= 11 is 0. The van der Waals surface area contributed by atoms with Gasteiger partial charge in [0, 0.05) is 17.9 Å². The maximum absolute atomic E-state index is 13.8. The molecule has 0 bridgehead atoms. The largest absolute Gasteiger partial charge is 0.508 e. The summed E-state index contributed by atoms with van der Waals surface area (Å²) < 4.78 is 45.5. The van der Waals surface area contributed by atoms with Gasteiger partial charge in [-0.15, -0.1) is 0 Å². The second kappa shape index (κ2) is 10.1. The molecular weight excluding hydrogens is 543 g/mol. The molecule has 5 N–H and O–H groups in total. The molecule has 5 rings (SSSR count). The molecule has 1 saturated carbocycles. The minimum Gasteiger partial charge on any atom is -0.508 e. The number of hydrogen-bond acceptors (Lipinski definition) is 7. The maximum Gasteiger partial charge on any atom is 0.416 e. The Bertz CT molecular complexity index is 1520. The number of carbonyl (C=O) groups excluding carboxylic acids is 3. The van der Waals surface area contributed by atoms with E-state index < -0.39 is 70.2 Å². The Balaban J connectivity index is 1.68. The number of halogens is 3. The van der Waals surface area contributed by atoms with Crippen LogP contribution >= 0.6 is 0 Å². The maximum atomic E-state index is 13.8. The van der Waals surface area contributed by atoms with E-state index >= 15 is 0 Å². The van der Waals surface area contributed by atoms with Crippen molar-refractivity contribution in [1.29, 1.82) is 0 Å². The highest BCUT2D eigenvalue weighted by atomic mass is 19.4. The first kappa shape index (κ1) is 28.4. The number of fused-ring (bicyclic) bond motifs is 3. The number of alkyl halides is 3. The fourth-order valence-electron chi connectivity index (χ4n) is 6.16. The van der Waals surface area contributed by atoms with E-state index in [-0.39, 0.29) is 29.7 Å². The molecule has 3 atom stereocenters. The summed E-state index contributed by atoms with van der Waals surface area (Å²) in [6, 6.07) is 7.81. The standard InChI is InChI=1S/C30H28F3NO7/c1-2-3-10-41-21-9-8-18(14-4-6-16(7-5-14)30(31,32)33)19-12-15-11-17-13-20(35)24(28(34)39)27(38)29(17,40)26(37)22(15)25(36)23(19)21/h4-9,15,17,36,38,40H,2-3,10-13H2,1H3,(H2,34,39)/t15-,17+,29+/m1/s1. The molecule has 0 aliphatic heterocycles. The second-order valence-corrected chi connectivity index (χ2v) is 10.6. The lowest BCUT2D eigenvalue weighted by Gasteiger charge is -2.46. The zero-order valence-corrected chi connectivity index (χ0v) is 22.0. The summed E-state index contributed by atoms with van der Waals surface area (Å²) in [7, 11) is 0. The van der Waals surface area contributed by atoms with E-state index in [0.717, 1.165) is 18.6 Å². The van der Waals surface area contributed by atoms with Crippen LogP contribution in [0.1, 0.15) is 49.3 Å². The molecule has 0 heterocycles. The molecule has 1 fully saturated rings. The fraction of sp³-hybridized carbons (Fsp3) is 0.367. The SMILES string of the molecule is CCCCOc1ccc(-c2ccc(C(F)(F)F)cc2)c2c1C(O)=C1C(=O)[C@]3(O)C(O)=C(C(N)=O)C(=O)C[C@@H]3C[C@@H]1C2. The molecular formula is C30H28F3NO7. The number of hydrogen-bond donors (Lipinski definition) is 4. The van der Waals surface area contributed by atoms with Gasteiger partial charge in [-0.3, -0.25) is 14.4 Å². The molecule has 1 amide bonds. The van der Waals surface area contributed by atoms with Crippen LogP contribution in [0.15, 0.2) is 53.3 Å². The molecule has 8 nitrogen and oxygen atoms in total. The lowest BCUT2D eigenvalue weighted by Crippen LogP contribution is -2.58. The summed E-state index contributed by atoms with van der Waals surface area (Å²) in [5.74, 6) is -6.31. The normalized spacial score (nSPS) is 24.1. The number of ketones is 2. The third-order valence-electron chi connectivity index (χ3n) is 8.21. The Morgan fingerprint density at radius 2 is 1.78 bits per heavy atom. The van der Waals surface area contributed by atoms with Crippen LogP contribution in [0, 0.1) is 11.8 Å². The molecule has 2 aromatic rings. The average molecular weight is 572 g/mol. The molecule has 2 aromatic carbocycles. The predicted molar refractivity (Wildman–Crippen MR) is 141 cm³/mol. The third-order valence-corrected chi connectivity index (χ3v) is 8.21. The molecule has 216 valence electrons. The van der Waals surface area contributed by atoms with Crippen LogP contribution in [0.25, 0.3) is 16.9 Å². The molecule has 0 radical (unpaired) electrons. The first-order valence-corrected chi connectivity index (χ1v) is 13.2. The van der Waals surface area contributed by atoms with Gasteiger partial charge in [-0.2, -0.15) is 13.2 Å². The number of amides is 1. The van der Waals surface area contributed by atoms with Crippen molar-refractivity contribution < 1.29 is 47.6 Å². The topological polar surface area (TPSA) is 147 Å². The first-order valence-electron chi connectivity index (χ1n) is 13.2. The van der Waals surface area contributed by atoms with Crippen LogP contribution in [-0.2, 0) is 27.0 Å². The molecule has 11 heteroatoms. The van der Waals surface area contributed by atoms with Crippen molar-refractivity contribution in [3.63, 3.8) is 0 Å². The van der Waals surface area contributed by atoms with Gasteiger partial charge < -0.3 is 25.8 Å². The summed E-state index contributed by atoms with van der Waals surface area (Å²) in [5, 5.41) is 33.8. The molecule has 0 unspecified atom stereocenters. The summed E-state index contributed by atoms with van der Waals surface area (Å²) in [5.41, 5.74) is 2.41. The number of nitrogens with two attached hydrogens (primary N) is 1. The van der Waals surface area contributed by atoms with Gasteiger partial charge in [0.05, 0.1) is 17.7 Å². The van der Waals surface area contributed by atoms with Gasteiger partial charge in [0.2, 0.25) is 5.78 Å². The van der Waals surface area contributed by atoms with E-state index in [1.807, 2.05) is 6.92 Å². The van der Waals surface area contributed by atoms with E-state index in [0.29, 0.717) is 29.7 Å². The number of benzene rings is 2. The number of primary amides is 1. The number of aliphatic hydroxyl groups excluding tert-OH is 2. The molecule has 41 heavy (non-hydrogen) atoms. The number of rotatable bonds is 6. The minimum atomic E-state index is -4.52. The summed E-state index contributed by atoms with van der Waals surface area (Å²) in [6.45, 7) is 2.26. The van der Waals surface area contributed by atoms with Gasteiger partial charge >= 0.3 is 6.18 Å². The Labute approximate surface area is 232 Å². The van der Waals surface area contributed by atoms with Gasteiger partial charge in [0.15, 0.2) is 11.4 Å². The van der Waals surface area contributed by atoms with Gasteiger partial charge in [-0.1, -0.05) is 31.5 Å². The van der Waals surface area contributed by atoms with Gasteiger partial charge in [0.1, 0.15) is 22.8 Å². The Hall–Kier alpha value is -4.12. The number of carbonyl (C=O) groups is 3. The van der Waals surface area contributed by atoms with Crippen LogP contribution < -0.4 is 10.5 Å². The minimum absolute atomic E-state index is 0.00368. The average Bonchev–Trinajstić information content (AvgIpc) is 2.90. The third kappa shape index (κ3) is 4.48. The number of unbranched alkanes of at least 4 members (excludes halogenated alkanes) is 1. The van der Waals surface area contributed by atoms with E-state index in [9.17, 15) is 42.9 Å². The molecule has 0 spiro atoms. The van der Waals surface area contributed by atoms with Crippen molar-refractivity contribution in [2.75, 3.05) is 6.61 Å². The monoisotopic (exact) mass is 571 g/mol. The van der Waals surface area contributed by atoms with Crippen molar-refractivity contribution in [2.45, 2.75) is 50.8 Å². The molecule has 3 aliphatic carbocycles. The molecule has 0 aromatic heterocycles. The van der Waals surface area contributed by atoms with E-state index in [1.54, 1.807) is 12.1 Å². The molecule has 0 saturated heterocycles. The van der Waals surface area contributed by atoms with Crippen molar-refractivity contribution in [1.82, 2.24) is 0 Å². The van der Waals surface area contributed by atoms with Crippen LogP contribution in [0.2, 0.25) is 0 Å². The van der Waals surface area contributed by atoms with E-state index in [2.05, 4.69) is 0 Å².